The molecular weight excluding hydrogens is 598 g/mol. The van der Waals surface area contributed by atoms with Gasteiger partial charge in [-0.1, -0.05) is 19.1 Å². The van der Waals surface area contributed by atoms with Crippen molar-refractivity contribution in [2.45, 2.75) is 38.7 Å². The molecule has 4 aromatic rings. The van der Waals surface area contributed by atoms with Crippen LogP contribution < -0.4 is 26.4 Å². The van der Waals surface area contributed by atoms with E-state index in [4.69, 9.17) is 15.2 Å². The first-order valence-corrected chi connectivity index (χ1v) is 13.6. The van der Waals surface area contributed by atoms with E-state index in [0.717, 1.165) is 12.1 Å². The number of aromatic nitrogens is 1. The van der Waals surface area contributed by atoms with Crippen LogP contribution in [0.5, 0.6) is 5.75 Å². The molecule has 0 spiro atoms. The molecule has 0 saturated carbocycles. The maximum Gasteiger partial charge on any atom is 0.491 e. The first-order chi connectivity index (χ1) is 21.3. The number of nitrogens with one attached hydrogen (secondary N) is 3. The minimum absolute atomic E-state index is 0.00986. The highest BCUT2D eigenvalue weighted by atomic mass is 19.4. The van der Waals surface area contributed by atoms with Gasteiger partial charge >= 0.3 is 12.1 Å². The molecule has 4 rings (SSSR count). The summed E-state index contributed by atoms with van der Waals surface area (Å²) in [4.78, 5) is 41.9. The van der Waals surface area contributed by atoms with E-state index in [0.29, 0.717) is 28.4 Å². The van der Waals surface area contributed by atoms with E-state index >= 15 is 4.39 Å². The third-order valence-corrected chi connectivity index (χ3v) is 6.40. The Morgan fingerprint density at radius 3 is 2.47 bits per heavy atom. The number of pyridine rings is 1. The molecule has 0 aliphatic heterocycles. The fourth-order valence-corrected chi connectivity index (χ4v) is 4.41. The fourth-order valence-electron chi connectivity index (χ4n) is 4.41. The number of amides is 2. The Morgan fingerprint density at radius 2 is 1.76 bits per heavy atom. The van der Waals surface area contributed by atoms with Gasteiger partial charge in [-0.2, -0.15) is 13.2 Å². The lowest BCUT2D eigenvalue weighted by Crippen LogP contribution is -2.54. The molecule has 0 aliphatic rings. The number of nitrogen functional groups attached to an aromatic ring is 1. The van der Waals surface area contributed by atoms with E-state index in [9.17, 15) is 27.6 Å². The van der Waals surface area contributed by atoms with Gasteiger partial charge < -0.3 is 31.2 Å². The van der Waals surface area contributed by atoms with Crippen LogP contribution in [0.4, 0.5) is 34.8 Å². The first kappa shape index (κ1) is 32.5. The number of halogens is 4. The number of benzene rings is 3. The van der Waals surface area contributed by atoms with Crippen molar-refractivity contribution < 1.29 is 41.4 Å². The Kier molecular flexibility index (Phi) is 9.75. The molecule has 0 radical (unpaired) electrons. The minimum atomic E-state index is -5.56. The van der Waals surface area contributed by atoms with E-state index in [1.54, 1.807) is 31.2 Å². The molecule has 1 heterocycles. The molecule has 2 amide bonds. The van der Waals surface area contributed by atoms with Gasteiger partial charge in [-0.15, -0.1) is 0 Å². The Balaban J connectivity index is 1.86. The van der Waals surface area contributed by atoms with Crippen LogP contribution >= 0.6 is 0 Å². The average Bonchev–Trinajstić information content (AvgIpc) is 2.98. The van der Waals surface area contributed by atoms with Crippen LogP contribution in [0, 0.1) is 5.82 Å². The summed E-state index contributed by atoms with van der Waals surface area (Å²) in [5.74, 6) is -5.45. The fraction of sp³-hybridized carbons (Fsp3) is 0.226. The maximum atomic E-state index is 15.6. The highest BCUT2D eigenvalue weighted by Gasteiger charge is 2.53. The lowest BCUT2D eigenvalue weighted by Gasteiger charge is -2.34. The summed E-state index contributed by atoms with van der Waals surface area (Å²) in [5, 5.41) is 8.53. The van der Waals surface area contributed by atoms with Crippen LogP contribution in [0.1, 0.15) is 31.4 Å². The summed E-state index contributed by atoms with van der Waals surface area (Å²) in [5.41, 5.74) is 2.84. The number of hydrogen-bond donors (Lipinski definition) is 4. The van der Waals surface area contributed by atoms with Crippen LogP contribution in [0.15, 0.2) is 72.9 Å². The largest absolute Gasteiger partial charge is 0.494 e. The van der Waals surface area contributed by atoms with Crippen molar-refractivity contribution in [1.82, 2.24) is 10.3 Å². The molecule has 3 aromatic carbocycles. The predicted molar refractivity (Wildman–Crippen MR) is 158 cm³/mol. The van der Waals surface area contributed by atoms with E-state index in [-0.39, 0.29) is 36.3 Å². The number of nitrogens with two attached hydrogens (primary N) is 1. The number of rotatable bonds is 11. The van der Waals surface area contributed by atoms with Crippen LogP contribution in [-0.2, 0) is 31.4 Å². The second-order valence-corrected chi connectivity index (χ2v) is 9.88. The summed E-state index contributed by atoms with van der Waals surface area (Å²) in [6, 6.07) is 15.2. The highest BCUT2D eigenvalue weighted by molar-refractivity contribution is 5.96. The predicted octanol–water partition coefficient (Wildman–Crippen LogP) is 5.39. The Labute approximate surface area is 254 Å². The smallest absolute Gasteiger partial charge is 0.491 e. The Bertz CT molecular complexity index is 1730. The molecule has 45 heavy (non-hydrogen) atoms. The summed E-state index contributed by atoms with van der Waals surface area (Å²) in [6.07, 6.45) is -3.61. The van der Waals surface area contributed by atoms with E-state index in [1.807, 2.05) is 0 Å². The van der Waals surface area contributed by atoms with Gasteiger partial charge in [0.15, 0.2) is 0 Å². The van der Waals surface area contributed by atoms with Crippen molar-refractivity contribution >= 4 is 45.7 Å². The first-order valence-electron chi connectivity index (χ1n) is 13.6. The Hall–Kier alpha value is -5.40. The van der Waals surface area contributed by atoms with Gasteiger partial charge in [0.2, 0.25) is 5.91 Å². The zero-order chi connectivity index (χ0) is 32.8. The number of anilines is 3. The van der Waals surface area contributed by atoms with Crippen molar-refractivity contribution in [2.75, 3.05) is 23.0 Å². The summed E-state index contributed by atoms with van der Waals surface area (Å²) < 4.78 is 67.2. The quantitative estimate of drug-likeness (QED) is 0.0985. The zero-order valence-corrected chi connectivity index (χ0v) is 24.1. The summed E-state index contributed by atoms with van der Waals surface area (Å²) >= 11 is 0. The Morgan fingerprint density at radius 1 is 0.978 bits per heavy atom. The summed E-state index contributed by atoms with van der Waals surface area (Å²) in [7, 11) is 0. The number of carbonyl (C=O) groups excluding carboxylic acids is 3. The van der Waals surface area contributed by atoms with E-state index in [1.165, 1.54) is 43.5 Å². The van der Waals surface area contributed by atoms with Crippen molar-refractivity contribution in [2.24, 2.45) is 0 Å². The van der Waals surface area contributed by atoms with Crippen molar-refractivity contribution in [3.63, 3.8) is 0 Å². The van der Waals surface area contributed by atoms with E-state index < -0.39 is 35.2 Å². The van der Waals surface area contributed by atoms with Crippen molar-refractivity contribution in [3.8, 4) is 5.75 Å². The maximum absolute atomic E-state index is 15.6. The normalized spacial score (nSPS) is 12.6. The number of alkyl halides is 3. The second kappa shape index (κ2) is 13.5. The topological polar surface area (TPSA) is 145 Å². The molecule has 10 nitrogen and oxygen atoms in total. The van der Waals surface area contributed by atoms with Gasteiger partial charge in [0.25, 0.3) is 11.6 Å². The third kappa shape index (κ3) is 7.77. The number of fused-ring (bicyclic) bond motifs is 1. The standard InChI is InChI=1S/C31H29F4N5O5/c1-3-13-44-23-8-10-26(32)25(16-23)30(45-29(43)31(33,34)35,40-22-7-9-24-20(15-22)11-12-37-27(24)36)28(42)38-17-19-5-4-6-21(14-19)39-18(2)41/h4-12,14-16,40H,3,13,17H2,1-2H3,(H2,36,37)(H,38,42)(H,39,41). The summed E-state index contributed by atoms with van der Waals surface area (Å²) in [6.45, 7) is 2.96. The van der Waals surface area contributed by atoms with Gasteiger partial charge in [0.1, 0.15) is 17.4 Å². The minimum Gasteiger partial charge on any atom is -0.494 e. The van der Waals surface area contributed by atoms with Gasteiger partial charge in [-0.05, 0) is 72.0 Å². The molecule has 0 fully saturated rings. The molecule has 1 aromatic heterocycles. The van der Waals surface area contributed by atoms with E-state index in [2.05, 4.69) is 20.9 Å². The highest BCUT2D eigenvalue weighted by Crippen LogP contribution is 2.36. The molecule has 1 unspecified atom stereocenters. The lowest BCUT2D eigenvalue weighted by molar-refractivity contribution is -0.213. The molecule has 236 valence electrons. The molecular formula is C31H29F4N5O5. The second-order valence-electron chi connectivity index (χ2n) is 9.88. The van der Waals surface area contributed by atoms with Crippen molar-refractivity contribution in [1.29, 1.82) is 0 Å². The average molecular weight is 628 g/mol. The van der Waals surface area contributed by atoms with Crippen molar-refractivity contribution in [3.05, 3.63) is 89.9 Å². The van der Waals surface area contributed by atoms with Crippen LogP contribution in [-0.4, -0.2) is 35.6 Å². The molecule has 0 bridgehead atoms. The van der Waals surface area contributed by atoms with Gasteiger partial charge in [-0.25, -0.2) is 14.2 Å². The number of nitrogens with zero attached hydrogens (tertiary/aromatic N) is 1. The monoisotopic (exact) mass is 627 g/mol. The lowest BCUT2D eigenvalue weighted by atomic mass is 9.98. The number of ether oxygens (including phenoxy) is 2. The molecule has 14 heteroatoms. The third-order valence-electron chi connectivity index (χ3n) is 6.40. The molecule has 5 N–H and O–H groups in total. The zero-order valence-electron chi connectivity index (χ0n) is 24.1. The number of carbonyl (C=O) groups is 3. The molecule has 0 aliphatic carbocycles. The molecule has 1 atom stereocenters. The number of esters is 1. The van der Waals surface area contributed by atoms with Gasteiger partial charge in [0, 0.05) is 36.4 Å². The van der Waals surface area contributed by atoms with Crippen LogP contribution in [0.25, 0.3) is 10.8 Å². The SMILES string of the molecule is CCCOc1ccc(F)c(C(Nc2ccc3c(N)nccc3c2)(OC(=O)C(F)(F)F)C(=O)NCc2cccc(NC(C)=O)c2)c1. The van der Waals surface area contributed by atoms with Crippen LogP contribution in [0.2, 0.25) is 0 Å². The number of hydrogen-bond acceptors (Lipinski definition) is 8. The van der Waals surface area contributed by atoms with Gasteiger partial charge in [-0.3, -0.25) is 9.59 Å². The van der Waals surface area contributed by atoms with Gasteiger partial charge in [0.05, 0.1) is 12.2 Å². The van der Waals surface area contributed by atoms with Crippen LogP contribution in [0.3, 0.4) is 0 Å². The molecule has 0 saturated heterocycles.